The van der Waals surface area contributed by atoms with Gasteiger partial charge in [-0.15, -0.1) is 0 Å². The van der Waals surface area contributed by atoms with Crippen molar-refractivity contribution in [2.75, 3.05) is 33.3 Å². The summed E-state index contributed by atoms with van der Waals surface area (Å²) in [6.45, 7) is 3.49. The van der Waals surface area contributed by atoms with Crippen LogP contribution in [0.1, 0.15) is 15.9 Å². The summed E-state index contributed by atoms with van der Waals surface area (Å²) in [5.41, 5.74) is 1.48. The van der Waals surface area contributed by atoms with E-state index in [9.17, 15) is 9.18 Å². The van der Waals surface area contributed by atoms with E-state index in [1.807, 2.05) is 11.0 Å². The SMILES string of the molecule is COc1ccc(CN2CCN(C(=O)c3ccoc3)CC2)cc1F. The van der Waals surface area contributed by atoms with Crippen LogP contribution in [0, 0.1) is 5.82 Å². The van der Waals surface area contributed by atoms with Crippen LogP contribution in [0.4, 0.5) is 4.39 Å². The van der Waals surface area contributed by atoms with Gasteiger partial charge in [0.25, 0.3) is 5.91 Å². The molecule has 122 valence electrons. The second-order valence-electron chi connectivity index (χ2n) is 5.55. The molecule has 23 heavy (non-hydrogen) atoms. The maximum absolute atomic E-state index is 13.7. The highest BCUT2D eigenvalue weighted by molar-refractivity contribution is 5.93. The van der Waals surface area contributed by atoms with Gasteiger partial charge in [-0.25, -0.2) is 4.39 Å². The molecule has 0 spiro atoms. The third kappa shape index (κ3) is 3.53. The van der Waals surface area contributed by atoms with Crippen LogP contribution in [0.5, 0.6) is 5.75 Å². The Labute approximate surface area is 134 Å². The summed E-state index contributed by atoms with van der Waals surface area (Å²) in [5.74, 6) is -0.100. The quantitative estimate of drug-likeness (QED) is 0.868. The van der Waals surface area contributed by atoms with E-state index in [0.29, 0.717) is 25.2 Å². The standard InChI is InChI=1S/C17H19FN2O3/c1-22-16-3-2-13(10-15(16)18)11-19-5-7-20(8-6-19)17(21)14-4-9-23-12-14/h2-4,9-10,12H,5-8,11H2,1H3. The summed E-state index contributed by atoms with van der Waals surface area (Å²) in [7, 11) is 1.45. The molecule has 1 aromatic heterocycles. The molecular weight excluding hydrogens is 299 g/mol. The lowest BCUT2D eigenvalue weighted by atomic mass is 10.1. The predicted octanol–water partition coefficient (Wildman–Crippen LogP) is 2.39. The molecule has 0 aliphatic carbocycles. The van der Waals surface area contributed by atoms with Crippen molar-refractivity contribution in [1.29, 1.82) is 0 Å². The van der Waals surface area contributed by atoms with E-state index in [4.69, 9.17) is 9.15 Å². The Kier molecular flexibility index (Phi) is 4.62. The molecule has 1 amide bonds. The summed E-state index contributed by atoms with van der Waals surface area (Å²) in [6, 6.07) is 6.69. The fourth-order valence-corrected chi connectivity index (χ4v) is 2.74. The van der Waals surface area contributed by atoms with Gasteiger partial charge in [0.15, 0.2) is 11.6 Å². The lowest BCUT2D eigenvalue weighted by Gasteiger charge is -2.34. The number of carbonyl (C=O) groups is 1. The Morgan fingerprint density at radius 3 is 2.65 bits per heavy atom. The molecular formula is C17H19FN2O3. The van der Waals surface area contributed by atoms with Crippen LogP contribution in [0.2, 0.25) is 0 Å². The second kappa shape index (κ2) is 6.83. The Morgan fingerprint density at radius 1 is 1.26 bits per heavy atom. The maximum atomic E-state index is 13.7. The van der Waals surface area contributed by atoms with Gasteiger partial charge in [-0.3, -0.25) is 9.69 Å². The van der Waals surface area contributed by atoms with Gasteiger partial charge in [0.1, 0.15) is 6.26 Å². The number of ether oxygens (including phenoxy) is 1. The second-order valence-corrected chi connectivity index (χ2v) is 5.55. The van der Waals surface area contributed by atoms with Gasteiger partial charge in [0.2, 0.25) is 0 Å². The van der Waals surface area contributed by atoms with Crippen LogP contribution in [-0.4, -0.2) is 49.0 Å². The number of rotatable bonds is 4. The first-order chi connectivity index (χ1) is 11.2. The minimum atomic E-state index is -0.348. The fourth-order valence-electron chi connectivity index (χ4n) is 2.74. The zero-order valence-corrected chi connectivity index (χ0v) is 13.0. The average molecular weight is 318 g/mol. The highest BCUT2D eigenvalue weighted by Gasteiger charge is 2.22. The highest BCUT2D eigenvalue weighted by Crippen LogP contribution is 2.19. The molecule has 1 saturated heterocycles. The number of carbonyl (C=O) groups excluding carboxylic acids is 1. The molecule has 0 bridgehead atoms. The molecule has 0 saturated carbocycles. The van der Waals surface area contributed by atoms with E-state index in [1.165, 1.54) is 25.7 Å². The summed E-state index contributed by atoms with van der Waals surface area (Å²) >= 11 is 0. The summed E-state index contributed by atoms with van der Waals surface area (Å²) in [4.78, 5) is 16.2. The lowest BCUT2D eigenvalue weighted by Crippen LogP contribution is -2.48. The highest BCUT2D eigenvalue weighted by atomic mass is 19.1. The fraction of sp³-hybridized carbons (Fsp3) is 0.353. The van der Waals surface area contributed by atoms with Crippen molar-refractivity contribution in [2.24, 2.45) is 0 Å². The first kappa shape index (κ1) is 15.6. The molecule has 5 nitrogen and oxygen atoms in total. The number of methoxy groups -OCH3 is 1. The van der Waals surface area contributed by atoms with Gasteiger partial charge in [0, 0.05) is 32.7 Å². The zero-order chi connectivity index (χ0) is 16.2. The predicted molar refractivity (Wildman–Crippen MR) is 82.8 cm³/mol. The number of halogens is 1. The van der Waals surface area contributed by atoms with Crippen LogP contribution < -0.4 is 4.74 Å². The molecule has 1 fully saturated rings. The lowest BCUT2D eigenvalue weighted by molar-refractivity contribution is 0.0627. The molecule has 6 heteroatoms. The largest absolute Gasteiger partial charge is 0.494 e. The Bertz CT molecular complexity index is 664. The van der Waals surface area contributed by atoms with Gasteiger partial charge in [0.05, 0.1) is 18.9 Å². The molecule has 2 heterocycles. The molecule has 1 aliphatic heterocycles. The van der Waals surface area contributed by atoms with Crippen LogP contribution in [0.25, 0.3) is 0 Å². The van der Waals surface area contributed by atoms with Crippen molar-refractivity contribution >= 4 is 5.91 Å². The van der Waals surface area contributed by atoms with Gasteiger partial charge in [-0.2, -0.15) is 0 Å². The van der Waals surface area contributed by atoms with E-state index in [2.05, 4.69) is 4.90 Å². The van der Waals surface area contributed by atoms with Crippen molar-refractivity contribution in [3.63, 3.8) is 0 Å². The van der Waals surface area contributed by atoms with E-state index >= 15 is 0 Å². The van der Waals surface area contributed by atoms with Crippen LogP contribution in [-0.2, 0) is 6.54 Å². The summed E-state index contributed by atoms with van der Waals surface area (Å²) in [5, 5.41) is 0. The van der Waals surface area contributed by atoms with Crippen molar-refractivity contribution in [1.82, 2.24) is 9.80 Å². The number of hydrogen-bond acceptors (Lipinski definition) is 4. The first-order valence-corrected chi connectivity index (χ1v) is 7.53. The number of piperazine rings is 1. The number of benzene rings is 1. The Balaban J connectivity index is 1.55. The molecule has 0 N–H and O–H groups in total. The van der Waals surface area contributed by atoms with E-state index < -0.39 is 0 Å². The van der Waals surface area contributed by atoms with E-state index in [1.54, 1.807) is 12.1 Å². The summed E-state index contributed by atoms with van der Waals surface area (Å²) in [6.07, 6.45) is 2.97. The van der Waals surface area contributed by atoms with Crippen LogP contribution in [0.15, 0.2) is 41.2 Å². The van der Waals surface area contributed by atoms with Crippen molar-refractivity contribution in [3.05, 3.63) is 53.7 Å². The number of nitrogens with zero attached hydrogens (tertiary/aromatic N) is 2. The van der Waals surface area contributed by atoms with Crippen molar-refractivity contribution in [3.8, 4) is 5.75 Å². The average Bonchev–Trinajstić information content (AvgIpc) is 3.09. The summed E-state index contributed by atoms with van der Waals surface area (Å²) < 4.78 is 23.6. The number of furan rings is 1. The van der Waals surface area contributed by atoms with Crippen molar-refractivity contribution < 1.29 is 18.3 Å². The normalized spacial score (nSPS) is 15.7. The molecule has 0 unspecified atom stereocenters. The van der Waals surface area contributed by atoms with Crippen LogP contribution >= 0.6 is 0 Å². The Morgan fingerprint density at radius 2 is 2.04 bits per heavy atom. The van der Waals surface area contributed by atoms with Gasteiger partial charge >= 0.3 is 0 Å². The minimum Gasteiger partial charge on any atom is -0.494 e. The third-order valence-electron chi connectivity index (χ3n) is 4.05. The molecule has 1 aliphatic rings. The molecule has 2 aromatic rings. The molecule has 3 rings (SSSR count). The smallest absolute Gasteiger partial charge is 0.257 e. The molecule has 0 atom stereocenters. The number of hydrogen-bond donors (Lipinski definition) is 0. The zero-order valence-electron chi connectivity index (χ0n) is 13.0. The number of amides is 1. The first-order valence-electron chi connectivity index (χ1n) is 7.53. The molecule has 1 aromatic carbocycles. The maximum Gasteiger partial charge on any atom is 0.257 e. The molecule has 0 radical (unpaired) electrons. The van der Waals surface area contributed by atoms with Gasteiger partial charge < -0.3 is 14.1 Å². The van der Waals surface area contributed by atoms with Crippen LogP contribution in [0.3, 0.4) is 0 Å². The Hall–Kier alpha value is -2.34. The topological polar surface area (TPSA) is 45.9 Å². The van der Waals surface area contributed by atoms with E-state index in [0.717, 1.165) is 18.7 Å². The van der Waals surface area contributed by atoms with Crippen molar-refractivity contribution in [2.45, 2.75) is 6.54 Å². The minimum absolute atomic E-state index is 0.00566. The monoisotopic (exact) mass is 318 g/mol. The third-order valence-corrected chi connectivity index (χ3v) is 4.05. The van der Waals surface area contributed by atoms with E-state index in [-0.39, 0.29) is 17.5 Å². The van der Waals surface area contributed by atoms with Gasteiger partial charge in [-0.05, 0) is 23.8 Å². The van der Waals surface area contributed by atoms with Gasteiger partial charge in [-0.1, -0.05) is 6.07 Å².